The number of carbonyl (C=O) groups excluding carboxylic acids is 1. The second-order valence-corrected chi connectivity index (χ2v) is 5.21. The van der Waals surface area contributed by atoms with Gasteiger partial charge in [0.05, 0.1) is 13.4 Å². The van der Waals surface area contributed by atoms with E-state index in [1.165, 1.54) is 31.6 Å². The highest BCUT2D eigenvalue weighted by molar-refractivity contribution is 6.38. The number of hydrogen-bond acceptors (Lipinski definition) is 8. The molecule has 0 amide bonds. The van der Waals surface area contributed by atoms with Crippen LogP contribution in [0.5, 0.6) is 17.2 Å². The van der Waals surface area contributed by atoms with Gasteiger partial charge in [0.15, 0.2) is 17.3 Å². The zero-order valence-electron chi connectivity index (χ0n) is 14.7. The first-order valence-corrected chi connectivity index (χ1v) is 7.55. The van der Waals surface area contributed by atoms with E-state index < -0.39 is 40.6 Å². The lowest BCUT2D eigenvalue weighted by atomic mass is 10.2. The third kappa shape index (κ3) is 8.02. The predicted octanol–water partition coefficient (Wildman–Crippen LogP) is 2.25. The number of phenols is 2. The summed E-state index contributed by atoms with van der Waals surface area (Å²) in [5.41, 5.74) is -0.363. The Labute approximate surface area is 170 Å². The number of carboxylic acid groups (broad SMARTS) is 3. The van der Waals surface area contributed by atoms with Gasteiger partial charge in [-0.3, -0.25) is 4.79 Å². The quantitative estimate of drug-likeness (QED) is 0.192. The second kappa shape index (κ2) is 11.2. The third-order valence-electron chi connectivity index (χ3n) is 2.75. The molecule has 5 N–H and O–H groups in total. The highest BCUT2D eigenvalue weighted by Gasteiger charge is 2.35. The van der Waals surface area contributed by atoms with Crippen LogP contribution in [-0.4, -0.2) is 61.7 Å². The minimum Gasteiger partial charge on any atom is -0.504 e. The van der Waals surface area contributed by atoms with Gasteiger partial charge in [-0.05, 0) is 35.9 Å². The van der Waals surface area contributed by atoms with Crippen molar-refractivity contribution in [2.75, 3.05) is 7.11 Å². The van der Waals surface area contributed by atoms with Gasteiger partial charge in [0.2, 0.25) is 5.75 Å². The summed E-state index contributed by atoms with van der Waals surface area (Å²) in [7, 11) is 1.30. The maximum atomic E-state index is 11.0. The van der Waals surface area contributed by atoms with Gasteiger partial charge in [-0.2, -0.15) is 8.78 Å². The van der Waals surface area contributed by atoms with Crippen LogP contribution in [0.1, 0.15) is 20.9 Å². The number of furan rings is 1. The van der Waals surface area contributed by atoms with Crippen LogP contribution in [0.4, 0.5) is 8.78 Å². The number of Topliss-reactive ketones (excluding diaryl/α,β-unsaturated/α-hetero) is 1. The maximum absolute atomic E-state index is 11.0. The lowest BCUT2D eigenvalue weighted by Crippen LogP contribution is -2.19. The first-order valence-electron chi connectivity index (χ1n) is 7.17. The number of hydrogen-bond donors (Lipinski definition) is 5. The summed E-state index contributed by atoms with van der Waals surface area (Å²) in [6.07, 6.45) is 1.25. The largest absolute Gasteiger partial charge is 0.504 e. The zero-order chi connectivity index (χ0) is 23.6. The number of alkyl halides is 3. The number of methoxy groups -OCH3 is 1. The highest BCUT2D eigenvalue weighted by Crippen LogP contribution is 2.37. The monoisotopic (exact) mass is 454 g/mol. The molecule has 14 heteroatoms. The molecular formula is C16H13ClF2O11. The van der Waals surface area contributed by atoms with Gasteiger partial charge >= 0.3 is 29.1 Å². The molecule has 1 heterocycles. The molecule has 0 bridgehead atoms. The summed E-state index contributed by atoms with van der Waals surface area (Å²) in [6.45, 7) is 0. The fourth-order valence-electron chi connectivity index (χ4n) is 1.41. The maximum Gasteiger partial charge on any atom is 0.417 e. The van der Waals surface area contributed by atoms with Crippen LogP contribution in [0.25, 0.3) is 0 Å². The van der Waals surface area contributed by atoms with E-state index in [1.807, 2.05) is 0 Å². The van der Waals surface area contributed by atoms with Crippen molar-refractivity contribution < 1.29 is 62.6 Å². The SMILES string of the molecule is COc1ccc(C(=O)O)c(O)c1O.O=C(O)C(=O)c1ccco1.O=C(O)C(F)(F)Cl. The minimum absolute atomic E-state index is 0.0301. The normalized spacial score (nSPS) is 9.87. The number of ketones is 1. The summed E-state index contributed by atoms with van der Waals surface area (Å²) in [4.78, 5) is 40.1. The van der Waals surface area contributed by atoms with E-state index in [0.717, 1.165) is 6.07 Å². The first-order chi connectivity index (χ1) is 13.7. The standard InChI is InChI=1S/C8H8O5.C6H4O4.C2HClF2O2/c1-13-5-3-2-4(8(11)12)6(9)7(5)10;7-5(6(8)9)4-2-1-3-10-4;3-2(4,5)1(6)7/h2-3,9-10H,1H3,(H,11,12);1-3H,(H,8,9);(H,6,7). The van der Waals surface area contributed by atoms with E-state index in [0.29, 0.717) is 0 Å². The minimum atomic E-state index is -4.11. The lowest BCUT2D eigenvalue weighted by Gasteiger charge is -2.06. The van der Waals surface area contributed by atoms with Crippen LogP contribution in [0.3, 0.4) is 0 Å². The van der Waals surface area contributed by atoms with E-state index in [2.05, 4.69) is 20.8 Å². The number of carboxylic acids is 3. The Balaban J connectivity index is 0.000000442. The Morgan fingerprint density at radius 3 is 1.90 bits per heavy atom. The topological polar surface area (TPSA) is 192 Å². The van der Waals surface area contributed by atoms with Crippen molar-refractivity contribution in [2.24, 2.45) is 0 Å². The molecular weight excluding hydrogens is 442 g/mol. The molecule has 164 valence electrons. The van der Waals surface area contributed by atoms with Crippen LogP contribution in [-0.2, 0) is 9.59 Å². The number of halogens is 3. The summed E-state index contributed by atoms with van der Waals surface area (Å²) in [5, 5.41) is 38.3. The van der Waals surface area contributed by atoms with Gasteiger partial charge in [-0.25, -0.2) is 14.4 Å². The molecule has 2 aromatic rings. The number of phenolic OH excluding ortho intramolecular Hbond substituents is 1. The number of carbonyl (C=O) groups is 4. The van der Waals surface area contributed by atoms with Gasteiger partial charge in [0.25, 0.3) is 0 Å². The summed E-state index contributed by atoms with van der Waals surface area (Å²) in [6, 6.07) is 5.17. The van der Waals surface area contributed by atoms with Crippen molar-refractivity contribution >= 4 is 35.3 Å². The molecule has 0 spiro atoms. The lowest BCUT2D eigenvalue weighted by molar-refractivity contribution is -0.153. The Kier molecular flexibility index (Phi) is 9.76. The van der Waals surface area contributed by atoms with Crippen molar-refractivity contribution in [3.63, 3.8) is 0 Å². The number of benzene rings is 1. The molecule has 0 aliphatic carbocycles. The molecule has 0 aliphatic rings. The Morgan fingerprint density at radius 1 is 1.03 bits per heavy atom. The molecule has 1 aromatic carbocycles. The Hall–Kier alpha value is -3.87. The molecule has 11 nitrogen and oxygen atoms in total. The smallest absolute Gasteiger partial charge is 0.417 e. The summed E-state index contributed by atoms with van der Waals surface area (Å²) < 4.78 is 31.2. The summed E-state index contributed by atoms with van der Waals surface area (Å²) >= 11 is 3.94. The van der Waals surface area contributed by atoms with E-state index >= 15 is 0 Å². The van der Waals surface area contributed by atoms with Crippen LogP contribution >= 0.6 is 11.6 Å². The van der Waals surface area contributed by atoms with E-state index in [-0.39, 0.29) is 17.1 Å². The average Bonchev–Trinajstić information content (AvgIpc) is 3.17. The third-order valence-corrected chi connectivity index (χ3v) is 2.91. The van der Waals surface area contributed by atoms with Gasteiger partial charge in [0, 0.05) is 0 Å². The molecule has 1 aromatic heterocycles. The fraction of sp³-hybridized carbons (Fsp3) is 0.125. The molecule has 0 unspecified atom stereocenters. The predicted molar refractivity (Wildman–Crippen MR) is 92.4 cm³/mol. The molecule has 0 atom stereocenters. The van der Waals surface area contributed by atoms with E-state index in [4.69, 9.17) is 25.2 Å². The number of ether oxygens (including phenoxy) is 1. The van der Waals surface area contributed by atoms with Crippen LogP contribution < -0.4 is 4.74 Å². The van der Waals surface area contributed by atoms with Crippen molar-refractivity contribution in [3.05, 3.63) is 41.9 Å². The average molecular weight is 455 g/mol. The molecule has 30 heavy (non-hydrogen) atoms. The van der Waals surface area contributed by atoms with Crippen molar-refractivity contribution in [3.8, 4) is 17.2 Å². The molecule has 0 fully saturated rings. The van der Waals surface area contributed by atoms with E-state index in [1.54, 1.807) is 0 Å². The van der Waals surface area contributed by atoms with Gasteiger partial charge in [-0.15, -0.1) is 0 Å². The zero-order valence-corrected chi connectivity index (χ0v) is 15.5. The number of aromatic carboxylic acids is 1. The Morgan fingerprint density at radius 2 is 1.57 bits per heavy atom. The molecule has 0 aliphatic heterocycles. The fourth-order valence-corrected chi connectivity index (χ4v) is 1.41. The molecule has 0 radical (unpaired) electrons. The first kappa shape index (κ1) is 26.1. The number of rotatable bonds is 5. The van der Waals surface area contributed by atoms with Gasteiger partial charge in [0.1, 0.15) is 5.56 Å². The van der Waals surface area contributed by atoms with Crippen LogP contribution in [0.15, 0.2) is 34.9 Å². The Bertz CT molecular complexity index is 905. The number of aromatic hydroxyl groups is 2. The molecule has 2 rings (SSSR count). The molecule has 0 saturated heterocycles. The van der Waals surface area contributed by atoms with Crippen LogP contribution in [0.2, 0.25) is 0 Å². The highest BCUT2D eigenvalue weighted by atomic mass is 35.5. The van der Waals surface area contributed by atoms with Gasteiger partial charge in [-0.1, -0.05) is 0 Å². The van der Waals surface area contributed by atoms with Crippen molar-refractivity contribution in [2.45, 2.75) is 5.38 Å². The number of aliphatic carboxylic acids is 2. The second-order valence-electron chi connectivity index (χ2n) is 4.73. The molecule has 0 saturated carbocycles. The van der Waals surface area contributed by atoms with Gasteiger partial charge < -0.3 is 34.7 Å². The van der Waals surface area contributed by atoms with E-state index in [9.17, 15) is 28.3 Å². The van der Waals surface area contributed by atoms with Crippen molar-refractivity contribution in [1.29, 1.82) is 0 Å². The van der Waals surface area contributed by atoms with Crippen molar-refractivity contribution in [1.82, 2.24) is 0 Å². The summed E-state index contributed by atoms with van der Waals surface area (Å²) in [5.74, 6) is -7.53. The van der Waals surface area contributed by atoms with Crippen LogP contribution in [0, 0.1) is 0 Å².